The Kier molecular flexibility index (Phi) is 26.6. The highest BCUT2D eigenvalue weighted by molar-refractivity contribution is 4.31. The van der Waals surface area contributed by atoms with E-state index in [9.17, 15) is 0 Å². The van der Waals surface area contributed by atoms with Gasteiger partial charge < -0.3 is 30.6 Å². The summed E-state index contributed by atoms with van der Waals surface area (Å²) in [6.07, 6.45) is 0.431. The van der Waals surface area contributed by atoms with Crippen molar-refractivity contribution < 1.29 is 30.6 Å². The first-order chi connectivity index (χ1) is 7.45. The quantitative estimate of drug-likeness (QED) is 0.350. The van der Waals surface area contributed by atoms with E-state index in [1.165, 1.54) is 0 Å². The van der Waals surface area contributed by atoms with Gasteiger partial charge in [-0.15, -0.1) is 0 Å². The van der Waals surface area contributed by atoms with Crippen LogP contribution in [0.5, 0.6) is 0 Å². The molecule has 0 amide bonds. The van der Waals surface area contributed by atoms with Crippen LogP contribution in [0.2, 0.25) is 0 Å². The maximum Gasteiger partial charge on any atom is 0.151 e. The van der Waals surface area contributed by atoms with E-state index in [0.717, 1.165) is 12.8 Å². The van der Waals surface area contributed by atoms with Gasteiger partial charge in [-0.2, -0.15) is 0 Å². The Morgan fingerprint density at radius 3 is 0.938 bits per heavy atom. The normalized spacial score (nSPS) is 9.38. The predicted molar refractivity (Wildman–Crippen MR) is 60.4 cm³/mol. The zero-order valence-electron chi connectivity index (χ0n) is 10.1. The molecule has 0 aliphatic carbocycles. The maximum absolute atomic E-state index is 8.11. The monoisotopic (exact) mass is 242 g/mol. The van der Waals surface area contributed by atoms with E-state index < -0.39 is 12.6 Å². The molecule has 16 heavy (non-hydrogen) atoms. The molecule has 0 aromatic heterocycles. The summed E-state index contributed by atoms with van der Waals surface area (Å²) in [7, 11) is 0. The van der Waals surface area contributed by atoms with E-state index in [-0.39, 0.29) is 13.2 Å². The van der Waals surface area contributed by atoms with Crippen molar-refractivity contribution in [3.8, 4) is 0 Å². The summed E-state index contributed by atoms with van der Waals surface area (Å²) in [6, 6.07) is 0. The van der Waals surface area contributed by atoms with E-state index in [2.05, 4.69) is 0 Å². The highest BCUT2D eigenvalue weighted by Crippen LogP contribution is 1.88. The first-order valence-electron chi connectivity index (χ1n) is 5.40. The number of aliphatic hydroxyl groups excluding tert-OH is 4. The average molecular weight is 242 g/mol. The van der Waals surface area contributed by atoms with E-state index in [0.29, 0.717) is 12.8 Å². The molecule has 0 spiro atoms. The lowest BCUT2D eigenvalue weighted by Crippen LogP contribution is -2.01. The van der Waals surface area contributed by atoms with Gasteiger partial charge in [-0.05, 0) is 12.8 Å². The van der Waals surface area contributed by atoms with Crippen molar-refractivity contribution in [1.29, 1.82) is 0 Å². The molecule has 0 saturated heterocycles. The highest BCUT2D eigenvalue weighted by Gasteiger charge is 1.89. The number of rotatable bonds is 5. The zero-order valence-corrected chi connectivity index (χ0v) is 10.1. The zero-order chi connectivity index (χ0) is 13.4. The Morgan fingerprint density at radius 2 is 0.938 bits per heavy atom. The SMILES string of the molecule is CCCC(O)O.CCCC(O)O.OCCO. The van der Waals surface area contributed by atoms with Crippen LogP contribution < -0.4 is 0 Å². The van der Waals surface area contributed by atoms with Crippen LogP contribution in [0, 0.1) is 0 Å². The number of hydrogen-bond acceptors (Lipinski definition) is 6. The number of hydrogen-bond donors (Lipinski definition) is 6. The minimum atomic E-state index is -1.10. The second-order valence-electron chi connectivity index (χ2n) is 2.99. The molecule has 0 aromatic carbocycles. The van der Waals surface area contributed by atoms with Crippen LogP contribution >= 0.6 is 0 Å². The lowest BCUT2D eigenvalue weighted by molar-refractivity contribution is -0.0460. The average Bonchev–Trinajstić information content (AvgIpc) is 2.18. The Bertz CT molecular complexity index is 85.3. The molecule has 0 saturated carbocycles. The largest absolute Gasteiger partial charge is 0.394 e. The Hall–Kier alpha value is -0.240. The van der Waals surface area contributed by atoms with Crippen molar-refractivity contribution in [2.24, 2.45) is 0 Å². The molecule has 6 heteroatoms. The van der Waals surface area contributed by atoms with Gasteiger partial charge in [0.05, 0.1) is 13.2 Å². The fourth-order valence-corrected chi connectivity index (χ4v) is 0.516. The van der Waals surface area contributed by atoms with Crippen LogP contribution in [0.3, 0.4) is 0 Å². The van der Waals surface area contributed by atoms with E-state index in [4.69, 9.17) is 30.6 Å². The second kappa shape index (κ2) is 20.2. The van der Waals surface area contributed by atoms with E-state index in [1.54, 1.807) is 0 Å². The third kappa shape index (κ3) is 49.0. The molecule has 0 fully saturated rings. The molecule has 6 N–H and O–H groups in total. The van der Waals surface area contributed by atoms with Crippen LogP contribution in [-0.2, 0) is 0 Å². The molecule has 0 unspecified atom stereocenters. The summed E-state index contributed by atoms with van der Waals surface area (Å²) in [5.41, 5.74) is 0. The van der Waals surface area contributed by atoms with E-state index in [1.807, 2.05) is 13.8 Å². The molecule has 0 aliphatic heterocycles. The molecular formula is C10H26O6. The van der Waals surface area contributed by atoms with Gasteiger partial charge in [-0.25, -0.2) is 0 Å². The van der Waals surface area contributed by atoms with Crippen molar-refractivity contribution in [1.82, 2.24) is 0 Å². The highest BCUT2D eigenvalue weighted by atomic mass is 16.5. The molecule has 0 bridgehead atoms. The van der Waals surface area contributed by atoms with Crippen molar-refractivity contribution in [2.45, 2.75) is 52.1 Å². The Balaban J connectivity index is -0.000000162. The van der Waals surface area contributed by atoms with Crippen molar-refractivity contribution >= 4 is 0 Å². The maximum atomic E-state index is 8.11. The third-order valence-electron chi connectivity index (χ3n) is 1.19. The third-order valence-corrected chi connectivity index (χ3v) is 1.19. The molecular weight excluding hydrogens is 216 g/mol. The lowest BCUT2D eigenvalue weighted by atomic mass is 10.3. The van der Waals surface area contributed by atoms with Crippen molar-refractivity contribution in [2.75, 3.05) is 13.2 Å². The molecule has 0 atom stereocenters. The van der Waals surface area contributed by atoms with Crippen LogP contribution in [0.1, 0.15) is 39.5 Å². The molecule has 0 heterocycles. The summed E-state index contributed by atoms with van der Waals surface area (Å²) in [5, 5.41) is 47.7. The van der Waals surface area contributed by atoms with Gasteiger partial charge in [0.1, 0.15) is 0 Å². The van der Waals surface area contributed by atoms with Gasteiger partial charge in [0, 0.05) is 0 Å². The fourth-order valence-electron chi connectivity index (χ4n) is 0.516. The molecule has 102 valence electrons. The van der Waals surface area contributed by atoms with E-state index >= 15 is 0 Å². The van der Waals surface area contributed by atoms with Crippen LogP contribution in [0.4, 0.5) is 0 Å². The molecule has 0 radical (unpaired) electrons. The second-order valence-corrected chi connectivity index (χ2v) is 2.99. The summed E-state index contributed by atoms with van der Waals surface area (Å²) in [6.45, 7) is 3.55. The van der Waals surface area contributed by atoms with Gasteiger partial charge in [-0.3, -0.25) is 0 Å². The molecule has 0 aromatic rings. The van der Waals surface area contributed by atoms with Gasteiger partial charge in [0.15, 0.2) is 12.6 Å². The van der Waals surface area contributed by atoms with Gasteiger partial charge in [0.2, 0.25) is 0 Å². The van der Waals surface area contributed by atoms with Gasteiger partial charge in [-0.1, -0.05) is 26.7 Å². The summed E-state index contributed by atoms with van der Waals surface area (Å²) in [4.78, 5) is 0. The summed E-state index contributed by atoms with van der Waals surface area (Å²) < 4.78 is 0. The topological polar surface area (TPSA) is 121 Å². The smallest absolute Gasteiger partial charge is 0.151 e. The Morgan fingerprint density at radius 1 is 0.688 bits per heavy atom. The molecule has 6 nitrogen and oxygen atoms in total. The first-order valence-corrected chi connectivity index (χ1v) is 5.40. The number of aliphatic hydroxyl groups is 6. The van der Waals surface area contributed by atoms with Crippen LogP contribution in [0.25, 0.3) is 0 Å². The molecule has 0 rings (SSSR count). The van der Waals surface area contributed by atoms with Crippen LogP contribution in [-0.4, -0.2) is 56.4 Å². The predicted octanol–water partition coefficient (Wildman–Crippen LogP) is -0.835. The van der Waals surface area contributed by atoms with Crippen molar-refractivity contribution in [3.63, 3.8) is 0 Å². The van der Waals surface area contributed by atoms with Gasteiger partial charge in [0.25, 0.3) is 0 Å². The summed E-state index contributed by atoms with van der Waals surface area (Å²) in [5.74, 6) is 0. The van der Waals surface area contributed by atoms with Crippen LogP contribution in [0.15, 0.2) is 0 Å². The van der Waals surface area contributed by atoms with Crippen molar-refractivity contribution in [3.05, 3.63) is 0 Å². The standard InChI is InChI=1S/2C4H10O2.C2H6O2/c2*1-2-3-4(5)6;3-1-2-4/h2*4-6H,2-3H2,1H3;3-4H,1-2H2. The minimum absolute atomic E-state index is 0.125. The minimum Gasteiger partial charge on any atom is -0.394 e. The molecule has 0 aliphatic rings. The Labute approximate surface area is 96.8 Å². The fraction of sp³-hybridized carbons (Fsp3) is 1.00. The first kappa shape index (κ1) is 21.1. The summed E-state index contributed by atoms with van der Waals surface area (Å²) >= 11 is 0. The lowest BCUT2D eigenvalue weighted by Gasteiger charge is -1.94. The van der Waals surface area contributed by atoms with Gasteiger partial charge >= 0.3 is 0 Å².